The third kappa shape index (κ3) is 4.71. The predicted molar refractivity (Wildman–Crippen MR) is 124 cm³/mol. The van der Waals surface area contributed by atoms with Gasteiger partial charge < -0.3 is 10.2 Å². The number of halogens is 1. The van der Waals surface area contributed by atoms with Crippen LogP contribution in [0.5, 0.6) is 0 Å². The fourth-order valence-electron chi connectivity index (χ4n) is 3.66. The molecule has 0 radical (unpaired) electrons. The largest absolute Gasteiger partial charge is 0.361 e. The minimum atomic E-state index is -0.250. The molecule has 2 aromatic heterocycles. The Morgan fingerprint density at radius 2 is 1.90 bits per heavy atom. The summed E-state index contributed by atoms with van der Waals surface area (Å²) in [6.07, 6.45) is 3.30. The fourth-order valence-corrected chi connectivity index (χ4v) is 3.66. The minimum Gasteiger partial charge on any atom is -0.361 e. The van der Waals surface area contributed by atoms with Crippen LogP contribution in [0, 0.1) is 19.7 Å². The molecule has 4 rings (SSSR count). The third-order valence-electron chi connectivity index (χ3n) is 5.69. The van der Waals surface area contributed by atoms with Crippen LogP contribution in [-0.2, 0) is 24.2 Å². The molecule has 0 saturated heterocycles. The van der Waals surface area contributed by atoms with Gasteiger partial charge in [-0.25, -0.2) is 9.07 Å². The van der Waals surface area contributed by atoms with Crippen molar-refractivity contribution in [2.45, 2.75) is 46.2 Å². The number of nitrogens with one attached hydrogen (secondary N) is 1. The maximum Gasteiger partial charge on any atom is 0.246 e. The monoisotopic (exact) mass is 442 g/mol. The lowest BCUT2D eigenvalue weighted by Gasteiger charge is -2.34. The number of anilines is 2. The number of likely N-dealkylation sites (N-methyl/N-ethyl adjacent to an activating group) is 1. The highest BCUT2D eigenvalue weighted by Crippen LogP contribution is 2.33. The molecule has 0 aliphatic carbocycles. The number of benzene rings is 1. The van der Waals surface area contributed by atoms with Crippen LogP contribution in [0.25, 0.3) is 0 Å². The molecule has 0 bridgehead atoms. The Morgan fingerprint density at radius 1 is 1.16 bits per heavy atom. The first-order valence-electron chi connectivity index (χ1n) is 10.00. The van der Waals surface area contributed by atoms with E-state index in [0.717, 1.165) is 39.6 Å². The predicted octanol–water partition coefficient (Wildman–Crippen LogP) is 3.15. The van der Waals surface area contributed by atoms with Crippen molar-refractivity contribution in [2.75, 3.05) is 17.3 Å². The number of rotatable bonds is 5. The van der Waals surface area contributed by atoms with Gasteiger partial charge in [-0.15, -0.1) is 5.10 Å². The van der Waals surface area contributed by atoms with E-state index in [0.29, 0.717) is 19.4 Å². The maximum absolute atomic E-state index is 13.5. The van der Waals surface area contributed by atoms with Gasteiger partial charge in [0.2, 0.25) is 5.91 Å². The van der Waals surface area contributed by atoms with Gasteiger partial charge in [-0.1, -0.05) is 11.3 Å². The average Bonchev–Trinajstić information content (AvgIpc) is 3.16. The summed E-state index contributed by atoms with van der Waals surface area (Å²) >= 11 is 0. The van der Waals surface area contributed by atoms with E-state index in [1.54, 1.807) is 10.7 Å². The second-order valence-corrected chi connectivity index (χ2v) is 7.85. The molecule has 1 aromatic carbocycles. The first kappa shape index (κ1) is 22.7. The third-order valence-corrected chi connectivity index (χ3v) is 5.69. The minimum absolute atomic E-state index is 0. The molecule has 3 heterocycles. The Balaban J connectivity index is 0.00000272. The molecular weight excluding hydrogens is 415 g/mol. The van der Waals surface area contributed by atoms with E-state index in [4.69, 9.17) is 0 Å². The molecule has 31 heavy (non-hydrogen) atoms. The molecule has 1 aliphatic heterocycles. The summed E-state index contributed by atoms with van der Waals surface area (Å²) < 4.78 is 15.2. The van der Waals surface area contributed by atoms with Crippen LogP contribution in [0.2, 0.25) is 0 Å². The molecule has 164 valence electrons. The molecule has 1 N–H and O–H groups in total. The molecule has 0 fully saturated rings. The van der Waals surface area contributed by atoms with Crippen molar-refractivity contribution in [3.05, 3.63) is 64.5 Å². The zero-order chi connectivity index (χ0) is 21.4. The lowest BCUT2D eigenvalue weighted by molar-refractivity contribution is -0.117. The second-order valence-electron chi connectivity index (χ2n) is 7.85. The molecule has 1 aliphatic rings. The molecule has 1 atom stereocenters. The number of amides is 1. The summed E-state index contributed by atoms with van der Waals surface area (Å²) in [5, 5.41) is 11.4. The van der Waals surface area contributed by atoms with Gasteiger partial charge in [0, 0.05) is 18.9 Å². The van der Waals surface area contributed by atoms with Crippen molar-refractivity contribution in [1.82, 2.24) is 20.0 Å². The van der Waals surface area contributed by atoms with Crippen LogP contribution in [0.15, 0.2) is 30.5 Å². The van der Waals surface area contributed by atoms with E-state index in [1.807, 2.05) is 45.0 Å². The molecule has 7 nitrogen and oxygen atoms in total. The number of carbonyl (C=O) groups excluding carboxylic acids is 1. The summed E-state index contributed by atoms with van der Waals surface area (Å²) in [6.45, 7) is 6.22. The SMILES string of the molecule is Cc1ccc(F)cc1Cn1cc(CCc2cc3c(c(C)n2)NC(=O)[C@H](C)N3C)nn1.S. The van der Waals surface area contributed by atoms with Crippen molar-refractivity contribution < 1.29 is 9.18 Å². The van der Waals surface area contributed by atoms with Gasteiger partial charge in [-0.3, -0.25) is 9.78 Å². The van der Waals surface area contributed by atoms with E-state index in [2.05, 4.69) is 20.6 Å². The van der Waals surface area contributed by atoms with Crippen molar-refractivity contribution in [1.29, 1.82) is 0 Å². The van der Waals surface area contributed by atoms with Crippen LogP contribution in [0.1, 0.15) is 35.1 Å². The normalized spacial score (nSPS) is 15.3. The van der Waals surface area contributed by atoms with Crippen molar-refractivity contribution in [2.24, 2.45) is 0 Å². The smallest absolute Gasteiger partial charge is 0.246 e. The number of aromatic nitrogens is 4. The van der Waals surface area contributed by atoms with Crippen molar-refractivity contribution >= 4 is 30.8 Å². The lowest BCUT2D eigenvalue weighted by atomic mass is 10.1. The number of aryl methyl sites for hydroxylation is 4. The second kappa shape index (κ2) is 9.05. The van der Waals surface area contributed by atoms with E-state index in [-0.39, 0.29) is 31.3 Å². The highest BCUT2D eigenvalue weighted by atomic mass is 32.1. The van der Waals surface area contributed by atoms with E-state index in [1.165, 1.54) is 12.1 Å². The van der Waals surface area contributed by atoms with Crippen LogP contribution in [0.4, 0.5) is 15.8 Å². The van der Waals surface area contributed by atoms with Crippen molar-refractivity contribution in [3.8, 4) is 0 Å². The van der Waals surface area contributed by atoms with E-state index in [9.17, 15) is 9.18 Å². The Labute approximate surface area is 188 Å². The number of carbonyl (C=O) groups is 1. The lowest BCUT2D eigenvalue weighted by Crippen LogP contribution is -2.44. The van der Waals surface area contributed by atoms with Gasteiger partial charge in [0.25, 0.3) is 0 Å². The van der Waals surface area contributed by atoms with Crippen molar-refractivity contribution in [3.63, 3.8) is 0 Å². The highest BCUT2D eigenvalue weighted by molar-refractivity contribution is 7.59. The number of pyridine rings is 1. The zero-order valence-corrected chi connectivity index (χ0v) is 19.1. The topological polar surface area (TPSA) is 75.9 Å². The summed E-state index contributed by atoms with van der Waals surface area (Å²) in [7, 11) is 1.92. The first-order valence-corrected chi connectivity index (χ1v) is 10.00. The van der Waals surface area contributed by atoms with Crippen LogP contribution in [0.3, 0.4) is 0 Å². The van der Waals surface area contributed by atoms with Crippen LogP contribution >= 0.6 is 13.5 Å². The summed E-state index contributed by atoms with van der Waals surface area (Å²) in [5.74, 6) is -0.270. The van der Waals surface area contributed by atoms with Gasteiger partial charge >= 0.3 is 0 Å². The molecule has 0 saturated carbocycles. The summed E-state index contributed by atoms with van der Waals surface area (Å²) in [6, 6.07) is 6.57. The first-order chi connectivity index (χ1) is 14.3. The van der Waals surface area contributed by atoms with Crippen LogP contribution in [-0.4, -0.2) is 39.0 Å². The molecular formula is C22H27FN6OS. The molecule has 3 aromatic rings. The fraction of sp³-hybridized carbons (Fsp3) is 0.364. The number of fused-ring (bicyclic) bond motifs is 1. The van der Waals surface area contributed by atoms with Crippen LogP contribution < -0.4 is 10.2 Å². The highest BCUT2D eigenvalue weighted by Gasteiger charge is 2.28. The number of hydrogen-bond acceptors (Lipinski definition) is 5. The number of nitrogens with zero attached hydrogens (tertiary/aromatic N) is 5. The quantitative estimate of drug-likeness (QED) is 0.657. The molecule has 1 amide bonds. The average molecular weight is 443 g/mol. The van der Waals surface area contributed by atoms with E-state index < -0.39 is 0 Å². The standard InChI is InChI=1S/C22H25FN6O.H2S/c1-13-5-6-17(23)9-16(13)11-29-12-19(26-27-29)8-7-18-10-20-21(14(2)24-18)25-22(30)15(3)28(20)4;/h5-6,9-10,12,15H,7-8,11H2,1-4H3,(H,25,30);1H2/t15-;/m0./s1. The van der Waals surface area contributed by atoms with Gasteiger partial charge in [0.15, 0.2) is 0 Å². The summed E-state index contributed by atoms with van der Waals surface area (Å²) in [4.78, 5) is 18.7. The van der Waals surface area contributed by atoms with Gasteiger partial charge in [-0.05, 0) is 62.9 Å². The number of hydrogen-bond donors (Lipinski definition) is 1. The van der Waals surface area contributed by atoms with Gasteiger partial charge in [0.1, 0.15) is 11.9 Å². The van der Waals surface area contributed by atoms with Gasteiger partial charge in [-0.2, -0.15) is 13.5 Å². The molecule has 9 heteroatoms. The Morgan fingerprint density at radius 3 is 2.68 bits per heavy atom. The Bertz CT molecular complexity index is 1120. The Kier molecular flexibility index (Phi) is 6.64. The zero-order valence-electron chi connectivity index (χ0n) is 18.1. The molecule has 0 unspecified atom stereocenters. The summed E-state index contributed by atoms with van der Waals surface area (Å²) in [5.41, 5.74) is 6.27. The molecule has 0 spiro atoms. The van der Waals surface area contributed by atoms with Gasteiger partial charge in [0.05, 0.1) is 29.3 Å². The van der Waals surface area contributed by atoms with E-state index >= 15 is 0 Å². The maximum atomic E-state index is 13.5. The Hall–Kier alpha value is -2.94.